The van der Waals surface area contributed by atoms with Gasteiger partial charge in [0.15, 0.2) is 0 Å². The van der Waals surface area contributed by atoms with Gasteiger partial charge in [-0.1, -0.05) is 48.0 Å². The second-order valence-electron chi connectivity index (χ2n) is 4.21. The van der Waals surface area contributed by atoms with Crippen LogP contribution in [0.2, 0.25) is 5.02 Å². The van der Waals surface area contributed by atoms with Crippen LogP contribution < -0.4 is 0 Å². The highest BCUT2D eigenvalue weighted by Crippen LogP contribution is 2.24. The van der Waals surface area contributed by atoms with E-state index in [4.69, 9.17) is 11.6 Å². The number of hydrogen-bond acceptors (Lipinski definition) is 1. The van der Waals surface area contributed by atoms with Crippen LogP contribution in [0.5, 0.6) is 0 Å². The van der Waals surface area contributed by atoms with E-state index in [0.29, 0.717) is 11.4 Å². The average molecular weight is 247 g/mol. The molecule has 0 heterocycles. The molecule has 1 nitrogen and oxygen atoms in total. The van der Waals surface area contributed by atoms with Gasteiger partial charge in [-0.25, -0.2) is 0 Å². The van der Waals surface area contributed by atoms with Gasteiger partial charge in [0, 0.05) is 11.4 Å². The minimum absolute atomic E-state index is 0.477. The van der Waals surface area contributed by atoms with Crippen molar-refractivity contribution < 1.29 is 5.11 Å². The van der Waals surface area contributed by atoms with E-state index in [1.54, 1.807) is 0 Å². The van der Waals surface area contributed by atoms with Gasteiger partial charge in [0.1, 0.15) is 0 Å². The van der Waals surface area contributed by atoms with Crippen molar-refractivity contribution in [1.82, 2.24) is 0 Å². The summed E-state index contributed by atoms with van der Waals surface area (Å²) < 4.78 is 0. The maximum atomic E-state index is 10.2. The smallest absolute Gasteiger partial charge is 0.0832 e. The standard InChI is InChI=1S/C15H15ClO/c1-11-9-13(16)7-8-14(11)15(17)10-12-5-3-2-4-6-12/h2-9,15,17H,10H2,1H3. The molecule has 0 amide bonds. The molecule has 1 unspecified atom stereocenters. The van der Waals surface area contributed by atoms with Crippen molar-refractivity contribution in [2.75, 3.05) is 0 Å². The van der Waals surface area contributed by atoms with Crippen molar-refractivity contribution in [2.24, 2.45) is 0 Å². The Hall–Kier alpha value is -1.31. The molecule has 2 aromatic rings. The molecule has 17 heavy (non-hydrogen) atoms. The molecule has 0 radical (unpaired) electrons. The Balaban J connectivity index is 2.17. The van der Waals surface area contributed by atoms with Crippen molar-refractivity contribution in [3.05, 3.63) is 70.2 Å². The third-order valence-corrected chi connectivity index (χ3v) is 3.10. The molecule has 2 aromatic carbocycles. The third-order valence-electron chi connectivity index (χ3n) is 2.86. The van der Waals surface area contributed by atoms with E-state index >= 15 is 0 Å². The normalized spacial score (nSPS) is 12.4. The largest absolute Gasteiger partial charge is 0.388 e. The van der Waals surface area contributed by atoms with Crippen LogP contribution in [0.25, 0.3) is 0 Å². The zero-order chi connectivity index (χ0) is 12.3. The highest BCUT2D eigenvalue weighted by atomic mass is 35.5. The molecule has 0 saturated heterocycles. The van der Waals surface area contributed by atoms with Gasteiger partial charge in [-0.05, 0) is 35.7 Å². The van der Waals surface area contributed by atoms with E-state index < -0.39 is 6.10 Å². The number of aliphatic hydroxyl groups excluding tert-OH is 1. The second kappa shape index (κ2) is 5.35. The van der Waals surface area contributed by atoms with Gasteiger partial charge in [0.2, 0.25) is 0 Å². The molecule has 0 aliphatic heterocycles. The van der Waals surface area contributed by atoms with Gasteiger partial charge in [0.25, 0.3) is 0 Å². The van der Waals surface area contributed by atoms with Gasteiger partial charge in [0.05, 0.1) is 6.10 Å². The number of halogens is 1. The Labute approximate surface area is 107 Å². The summed E-state index contributed by atoms with van der Waals surface area (Å²) in [4.78, 5) is 0. The first-order valence-corrected chi connectivity index (χ1v) is 6.02. The lowest BCUT2D eigenvalue weighted by atomic mass is 9.98. The fourth-order valence-electron chi connectivity index (χ4n) is 1.96. The first-order valence-electron chi connectivity index (χ1n) is 5.65. The number of benzene rings is 2. The van der Waals surface area contributed by atoms with Crippen LogP contribution in [-0.2, 0) is 6.42 Å². The average Bonchev–Trinajstić information content (AvgIpc) is 2.30. The lowest BCUT2D eigenvalue weighted by Crippen LogP contribution is -2.03. The molecule has 1 atom stereocenters. The molecule has 0 saturated carbocycles. The summed E-state index contributed by atoms with van der Waals surface area (Å²) in [7, 11) is 0. The van der Waals surface area contributed by atoms with E-state index in [1.165, 1.54) is 0 Å². The van der Waals surface area contributed by atoms with Crippen molar-refractivity contribution in [2.45, 2.75) is 19.4 Å². The number of aliphatic hydroxyl groups is 1. The maximum Gasteiger partial charge on any atom is 0.0832 e. The molecule has 88 valence electrons. The van der Waals surface area contributed by atoms with Crippen LogP contribution in [0.3, 0.4) is 0 Å². The molecule has 0 aromatic heterocycles. The number of aryl methyl sites for hydroxylation is 1. The van der Waals surface area contributed by atoms with Crippen LogP contribution in [-0.4, -0.2) is 5.11 Å². The van der Waals surface area contributed by atoms with Gasteiger partial charge in [-0.3, -0.25) is 0 Å². The zero-order valence-corrected chi connectivity index (χ0v) is 10.5. The minimum Gasteiger partial charge on any atom is -0.388 e. The van der Waals surface area contributed by atoms with E-state index in [-0.39, 0.29) is 0 Å². The molecule has 0 bridgehead atoms. The number of rotatable bonds is 3. The molecule has 0 aliphatic rings. The van der Waals surface area contributed by atoms with Crippen molar-refractivity contribution in [3.63, 3.8) is 0 Å². The molecule has 0 spiro atoms. The molecule has 2 heteroatoms. The van der Waals surface area contributed by atoms with Crippen LogP contribution in [0, 0.1) is 6.92 Å². The summed E-state index contributed by atoms with van der Waals surface area (Å²) in [5.74, 6) is 0. The topological polar surface area (TPSA) is 20.2 Å². The van der Waals surface area contributed by atoms with E-state index in [0.717, 1.165) is 16.7 Å². The first kappa shape index (κ1) is 12.2. The predicted molar refractivity (Wildman–Crippen MR) is 71.3 cm³/mol. The van der Waals surface area contributed by atoms with Crippen LogP contribution in [0.15, 0.2) is 48.5 Å². The fraction of sp³-hybridized carbons (Fsp3) is 0.200. The lowest BCUT2D eigenvalue weighted by molar-refractivity contribution is 0.178. The second-order valence-corrected chi connectivity index (χ2v) is 4.64. The molecular weight excluding hydrogens is 232 g/mol. The summed E-state index contributed by atoms with van der Waals surface area (Å²) in [5.41, 5.74) is 3.11. The SMILES string of the molecule is Cc1cc(Cl)ccc1C(O)Cc1ccccc1. The summed E-state index contributed by atoms with van der Waals surface area (Å²) in [6.45, 7) is 1.97. The molecule has 0 fully saturated rings. The van der Waals surface area contributed by atoms with E-state index in [9.17, 15) is 5.11 Å². The zero-order valence-electron chi connectivity index (χ0n) is 9.73. The monoisotopic (exact) mass is 246 g/mol. The summed E-state index contributed by atoms with van der Waals surface area (Å²) >= 11 is 5.90. The summed E-state index contributed by atoms with van der Waals surface area (Å²) in [6, 6.07) is 15.6. The van der Waals surface area contributed by atoms with Crippen LogP contribution >= 0.6 is 11.6 Å². The highest BCUT2D eigenvalue weighted by Gasteiger charge is 2.11. The van der Waals surface area contributed by atoms with E-state index in [1.807, 2.05) is 55.5 Å². The Kier molecular flexibility index (Phi) is 3.82. The Morgan fingerprint density at radius 2 is 1.82 bits per heavy atom. The van der Waals surface area contributed by atoms with Crippen molar-refractivity contribution in [1.29, 1.82) is 0 Å². The molecule has 0 aliphatic carbocycles. The summed E-state index contributed by atoms with van der Waals surface area (Å²) in [5, 5.41) is 10.9. The fourth-order valence-corrected chi connectivity index (χ4v) is 2.19. The van der Waals surface area contributed by atoms with Crippen LogP contribution in [0.1, 0.15) is 22.8 Å². The third kappa shape index (κ3) is 3.09. The van der Waals surface area contributed by atoms with Crippen LogP contribution in [0.4, 0.5) is 0 Å². The minimum atomic E-state index is -0.477. The highest BCUT2D eigenvalue weighted by molar-refractivity contribution is 6.30. The molecular formula is C15H15ClO. The number of hydrogen-bond donors (Lipinski definition) is 1. The Morgan fingerprint density at radius 1 is 1.12 bits per heavy atom. The predicted octanol–water partition coefficient (Wildman–Crippen LogP) is 3.92. The van der Waals surface area contributed by atoms with Gasteiger partial charge >= 0.3 is 0 Å². The maximum absolute atomic E-state index is 10.2. The van der Waals surface area contributed by atoms with Crippen molar-refractivity contribution >= 4 is 11.6 Å². The van der Waals surface area contributed by atoms with Gasteiger partial charge in [-0.15, -0.1) is 0 Å². The van der Waals surface area contributed by atoms with Gasteiger partial charge in [-0.2, -0.15) is 0 Å². The first-order chi connectivity index (χ1) is 8.16. The molecule has 2 rings (SSSR count). The Bertz CT molecular complexity index is 494. The van der Waals surface area contributed by atoms with Crippen molar-refractivity contribution in [3.8, 4) is 0 Å². The summed E-state index contributed by atoms with van der Waals surface area (Å²) in [6.07, 6.45) is 0.151. The lowest BCUT2D eigenvalue weighted by Gasteiger charge is -2.14. The quantitative estimate of drug-likeness (QED) is 0.870. The Morgan fingerprint density at radius 3 is 2.47 bits per heavy atom. The molecule has 1 N–H and O–H groups in total. The van der Waals surface area contributed by atoms with E-state index in [2.05, 4.69) is 0 Å². The van der Waals surface area contributed by atoms with Gasteiger partial charge < -0.3 is 5.11 Å².